The van der Waals surface area contributed by atoms with E-state index in [0.717, 1.165) is 25.3 Å². The van der Waals surface area contributed by atoms with Crippen molar-refractivity contribution in [2.45, 2.75) is 83.4 Å². The van der Waals surface area contributed by atoms with Gasteiger partial charge in [0.2, 0.25) is 0 Å². The third kappa shape index (κ3) is 3.46. The van der Waals surface area contributed by atoms with Crippen molar-refractivity contribution < 1.29 is 5.11 Å². The zero-order valence-corrected chi connectivity index (χ0v) is 14.0. The van der Waals surface area contributed by atoms with Crippen molar-refractivity contribution >= 4 is 0 Å². The lowest BCUT2D eigenvalue weighted by Gasteiger charge is -2.47. The fraction of sp³-hybridized carbons (Fsp3) is 1.00. The molecule has 0 aromatic carbocycles. The normalized spacial score (nSPS) is 44.1. The summed E-state index contributed by atoms with van der Waals surface area (Å²) in [5.41, 5.74) is 0.483. The fourth-order valence-corrected chi connectivity index (χ4v) is 5.41. The van der Waals surface area contributed by atoms with Crippen LogP contribution in [0.4, 0.5) is 0 Å². The van der Waals surface area contributed by atoms with Crippen LogP contribution in [0.3, 0.4) is 0 Å². The average Bonchev–Trinajstić information content (AvgIpc) is 2.69. The first-order valence-electron chi connectivity index (χ1n) is 9.26. The Morgan fingerprint density at radius 1 is 1.19 bits per heavy atom. The van der Waals surface area contributed by atoms with Gasteiger partial charge < -0.3 is 10.4 Å². The first kappa shape index (κ1) is 15.8. The van der Waals surface area contributed by atoms with Gasteiger partial charge in [0.15, 0.2) is 0 Å². The van der Waals surface area contributed by atoms with Gasteiger partial charge in [-0.25, -0.2) is 0 Å². The molecular formula is C18H34N2O. The molecule has 122 valence electrons. The lowest BCUT2D eigenvalue weighted by Crippen LogP contribution is -2.53. The van der Waals surface area contributed by atoms with E-state index in [1.165, 1.54) is 51.6 Å². The molecule has 21 heavy (non-hydrogen) atoms. The van der Waals surface area contributed by atoms with E-state index in [9.17, 15) is 5.11 Å². The monoisotopic (exact) mass is 294 g/mol. The Balaban J connectivity index is 1.69. The quantitative estimate of drug-likeness (QED) is 0.818. The van der Waals surface area contributed by atoms with Gasteiger partial charge in [-0.15, -0.1) is 0 Å². The Kier molecular flexibility index (Phi) is 4.92. The molecule has 2 bridgehead atoms. The molecule has 3 rings (SSSR count). The van der Waals surface area contributed by atoms with Gasteiger partial charge in [0, 0.05) is 25.2 Å². The van der Waals surface area contributed by atoms with Crippen LogP contribution in [0.1, 0.15) is 65.2 Å². The fourth-order valence-electron chi connectivity index (χ4n) is 5.41. The number of nitrogens with one attached hydrogen (secondary N) is 1. The standard InChI is InChI=1S/C18H34N2O/c1-3-19-12-18(8-4-5-14(2)11-18)13-20-15-6-7-16(20)10-17(21)9-15/h14-17,19,21H,3-13H2,1-2H3. The number of hydrogen-bond acceptors (Lipinski definition) is 3. The summed E-state index contributed by atoms with van der Waals surface area (Å²) in [5, 5.41) is 13.7. The topological polar surface area (TPSA) is 35.5 Å². The van der Waals surface area contributed by atoms with E-state index in [1.54, 1.807) is 0 Å². The van der Waals surface area contributed by atoms with Crippen LogP contribution < -0.4 is 5.32 Å². The molecule has 0 aromatic heterocycles. The van der Waals surface area contributed by atoms with Crippen LogP contribution in [0.5, 0.6) is 0 Å². The molecule has 1 saturated carbocycles. The molecule has 3 aliphatic rings. The number of rotatable bonds is 5. The van der Waals surface area contributed by atoms with Gasteiger partial charge in [-0.1, -0.05) is 26.7 Å². The zero-order valence-electron chi connectivity index (χ0n) is 14.0. The van der Waals surface area contributed by atoms with Crippen LogP contribution in [0, 0.1) is 11.3 Å². The van der Waals surface area contributed by atoms with Crippen molar-refractivity contribution in [3.8, 4) is 0 Å². The summed E-state index contributed by atoms with van der Waals surface area (Å²) >= 11 is 0. The molecule has 3 nitrogen and oxygen atoms in total. The van der Waals surface area contributed by atoms with Crippen molar-refractivity contribution in [1.82, 2.24) is 10.2 Å². The minimum atomic E-state index is -0.0336. The summed E-state index contributed by atoms with van der Waals surface area (Å²) in [6, 6.07) is 1.32. The van der Waals surface area contributed by atoms with E-state index in [-0.39, 0.29) is 6.10 Å². The van der Waals surface area contributed by atoms with E-state index in [1.807, 2.05) is 0 Å². The summed E-state index contributed by atoms with van der Waals surface area (Å²) in [5.74, 6) is 0.880. The second kappa shape index (κ2) is 6.55. The van der Waals surface area contributed by atoms with Crippen molar-refractivity contribution in [3.63, 3.8) is 0 Å². The maximum absolute atomic E-state index is 10.0. The van der Waals surface area contributed by atoms with Crippen LogP contribution in [-0.4, -0.2) is 47.8 Å². The van der Waals surface area contributed by atoms with E-state index in [0.29, 0.717) is 17.5 Å². The minimum absolute atomic E-state index is 0.0336. The van der Waals surface area contributed by atoms with Crippen molar-refractivity contribution in [3.05, 3.63) is 0 Å². The molecule has 1 aliphatic carbocycles. The predicted octanol–water partition coefficient (Wildman–Crippen LogP) is 2.78. The largest absolute Gasteiger partial charge is 0.393 e. The van der Waals surface area contributed by atoms with Gasteiger partial charge >= 0.3 is 0 Å². The van der Waals surface area contributed by atoms with E-state index < -0.39 is 0 Å². The molecule has 3 heteroatoms. The highest BCUT2D eigenvalue weighted by Gasteiger charge is 2.45. The lowest BCUT2D eigenvalue weighted by atomic mass is 9.69. The molecule has 0 spiro atoms. The second-order valence-electron chi connectivity index (χ2n) is 8.16. The summed E-state index contributed by atoms with van der Waals surface area (Å²) < 4.78 is 0. The molecule has 0 aromatic rings. The van der Waals surface area contributed by atoms with Gasteiger partial charge in [0.1, 0.15) is 0 Å². The number of aliphatic hydroxyl groups is 1. The maximum Gasteiger partial charge on any atom is 0.0570 e. The molecular weight excluding hydrogens is 260 g/mol. The van der Waals surface area contributed by atoms with Crippen molar-refractivity contribution in [1.29, 1.82) is 0 Å². The van der Waals surface area contributed by atoms with Crippen molar-refractivity contribution in [2.24, 2.45) is 11.3 Å². The Bertz CT molecular complexity index is 334. The average molecular weight is 294 g/mol. The smallest absolute Gasteiger partial charge is 0.0570 e. The molecule has 2 saturated heterocycles. The first-order valence-corrected chi connectivity index (χ1v) is 9.26. The van der Waals surface area contributed by atoms with Crippen molar-refractivity contribution in [2.75, 3.05) is 19.6 Å². The third-order valence-electron chi connectivity index (χ3n) is 6.31. The van der Waals surface area contributed by atoms with Gasteiger partial charge in [-0.05, 0) is 56.4 Å². The van der Waals surface area contributed by atoms with E-state index in [4.69, 9.17) is 0 Å². The molecule has 2 N–H and O–H groups in total. The van der Waals surface area contributed by atoms with Gasteiger partial charge in [-0.2, -0.15) is 0 Å². The summed E-state index contributed by atoms with van der Waals surface area (Å²) in [6.07, 6.45) is 10.2. The zero-order chi connectivity index (χ0) is 14.9. The summed E-state index contributed by atoms with van der Waals surface area (Å²) in [4.78, 5) is 2.79. The van der Waals surface area contributed by atoms with E-state index in [2.05, 4.69) is 24.1 Å². The SMILES string of the molecule is CCNCC1(CN2C3CCC2CC(O)C3)CCCC(C)C1. The highest BCUT2D eigenvalue weighted by molar-refractivity contribution is 4.99. The Morgan fingerprint density at radius 3 is 2.52 bits per heavy atom. The number of aliphatic hydroxyl groups excluding tert-OH is 1. The maximum atomic E-state index is 10.0. The Hall–Kier alpha value is -0.120. The molecule has 4 unspecified atom stereocenters. The molecule has 0 radical (unpaired) electrons. The molecule has 4 atom stereocenters. The Morgan fingerprint density at radius 2 is 1.90 bits per heavy atom. The summed E-state index contributed by atoms with van der Waals surface area (Å²) in [7, 11) is 0. The molecule has 2 heterocycles. The minimum Gasteiger partial charge on any atom is -0.393 e. The first-order chi connectivity index (χ1) is 10.1. The molecule has 3 fully saturated rings. The van der Waals surface area contributed by atoms with Gasteiger partial charge in [0.05, 0.1) is 6.10 Å². The highest BCUT2D eigenvalue weighted by Crippen LogP contribution is 2.44. The second-order valence-corrected chi connectivity index (χ2v) is 8.16. The van der Waals surface area contributed by atoms with Gasteiger partial charge in [0.25, 0.3) is 0 Å². The number of piperidine rings is 1. The van der Waals surface area contributed by atoms with Gasteiger partial charge in [-0.3, -0.25) is 4.90 Å². The van der Waals surface area contributed by atoms with E-state index >= 15 is 0 Å². The van der Waals surface area contributed by atoms with Crippen LogP contribution >= 0.6 is 0 Å². The van der Waals surface area contributed by atoms with Crippen LogP contribution in [0.25, 0.3) is 0 Å². The Labute approximate surface area is 130 Å². The number of fused-ring (bicyclic) bond motifs is 2. The predicted molar refractivity (Wildman–Crippen MR) is 87.4 cm³/mol. The number of hydrogen-bond donors (Lipinski definition) is 2. The number of nitrogens with zero attached hydrogens (tertiary/aromatic N) is 1. The summed E-state index contributed by atoms with van der Waals surface area (Å²) in [6.45, 7) is 8.20. The molecule has 2 aliphatic heterocycles. The lowest BCUT2D eigenvalue weighted by molar-refractivity contribution is -0.00548. The molecule has 0 amide bonds. The third-order valence-corrected chi connectivity index (χ3v) is 6.31. The van der Waals surface area contributed by atoms with Crippen LogP contribution in [0.2, 0.25) is 0 Å². The van der Waals surface area contributed by atoms with Crippen LogP contribution in [-0.2, 0) is 0 Å². The highest BCUT2D eigenvalue weighted by atomic mass is 16.3. The van der Waals surface area contributed by atoms with Crippen LogP contribution in [0.15, 0.2) is 0 Å².